The molecule has 0 saturated carbocycles. The Morgan fingerprint density at radius 1 is 1.40 bits per heavy atom. The molecule has 0 radical (unpaired) electrons. The molecule has 2 aromatic rings. The molecule has 0 aliphatic carbocycles. The van der Waals surface area contributed by atoms with Crippen LogP contribution in [0.15, 0.2) is 18.2 Å². The summed E-state index contributed by atoms with van der Waals surface area (Å²) in [7, 11) is 0. The van der Waals surface area contributed by atoms with E-state index in [0.717, 1.165) is 40.8 Å². The van der Waals surface area contributed by atoms with Crippen LogP contribution in [0.1, 0.15) is 51.5 Å². The Morgan fingerprint density at radius 2 is 2.20 bits per heavy atom. The minimum atomic E-state index is 0.354. The quantitative estimate of drug-likeness (QED) is 0.892. The number of aromatic nitrogens is 2. The molecule has 108 valence electrons. The van der Waals surface area contributed by atoms with Crippen molar-refractivity contribution in [3.05, 3.63) is 29.0 Å². The Morgan fingerprint density at radius 3 is 2.90 bits per heavy atom. The van der Waals surface area contributed by atoms with Gasteiger partial charge in [-0.25, -0.2) is 4.98 Å². The van der Waals surface area contributed by atoms with Gasteiger partial charge in [0.15, 0.2) is 0 Å². The van der Waals surface area contributed by atoms with Gasteiger partial charge in [-0.1, -0.05) is 18.5 Å². The average molecular weight is 292 g/mol. The largest absolute Gasteiger partial charge is 0.324 e. The summed E-state index contributed by atoms with van der Waals surface area (Å²) in [5, 5.41) is 4.39. The van der Waals surface area contributed by atoms with Crippen LogP contribution in [0.3, 0.4) is 0 Å². The fraction of sp³-hybridized carbons (Fsp3) is 0.562. The Balaban J connectivity index is 2.11. The predicted octanol–water partition coefficient (Wildman–Crippen LogP) is 4.33. The number of benzene rings is 1. The van der Waals surface area contributed by atoms with E-state index in [-0.39, 0.29) is 0 Å². The van der Waals surface area contributed by atoms with Crippen molar-refractivity contribution < 1.29 is 0 Å². The van der Waals surface area contributed by atoms with Crippen LogP contribution in [0.4, 0.5) is 0 Å². The topological polar surface area (TPSA) is 29.9 Å². The van der Waals surface area contributed by atoms with E-state index < -0.39 is 0 Å². The van der Waals surface area contributed by atoms with Gasteiger partial charge in [0.1, 0.15) is 5.82 Å². The average Bonchev–Trinajstić information content (AvgIpc) is 2.77. The summed E-state index contributed by atoms with van der Waals surface area (Å²) in [6.07, 6.45) is 2.41. The lowest BCUT2D eigenvalue weighted by Crippen LogP contribution is -2.33. The second-order valence-corrected chi connectivity index (χ2v) is 6.64. The highest BCUT2D eigenvalue weighted by Crippen LogP contribution is 2.32. The lowest BCUT2D eigenvalue weighted by Gasteiger charge is -2.29. The predicted molar refractivity (Wildman–Crippen MR) is 84.3 cm³/mol. The first-order valence-electron chi connectivity index (χ1n) is 7.47. The summed E-state index contributed by atoms with van der Waals surface area (Å²) in [5.74, 6) is 1.91. The van der Waals surface area contributed by atoms with Gasteiger partial charge in [-0.05, 0) is 57.4 Å². The van der Waals surface area contributed by atoms with E-state index in [4.69, 9.17) is 16.6 Å². The molecule has 2 unspecified atom stereocenters. The smallest absolute Gasteiger partial charge is 0.127 e. The third kappa shape index (κ3) is 2.45. The third-order valence-electron chi connectivity index (χ3n) is 4.17. The van der Waals surface area contributed by atoms with Gasteiger partial charge in [0.25, 0.3) is 0 Å². The molecule has 1 saturated heterocycles. The molecule has 2 heterocycles. The molecule has 1 N–H and O–H groups in total. The Bertz CT molecular complexity index is 617. The zero-order valence-electron chi connectivity index (χ0n) is 12.4. The summed E-state index contributed by atoms with van der Waals surface area (Å²) < 4.78 is 2.33. The van der Waals surface area contributed by atoms with Crippen molar-refractivity contribution in [3.8, 4) is 0 Å². The van der Waals surface area contributed by atoms with Crippen LogP contribution >= 0.6 is 11.6 Å². The van der Waals surface area contributed by atoms with E-state index in [1.165, 1.54) is 6.42 Å². The molecule has 1 fully saturated rings. The number of hydrogen-bond donors (Lipinski definition) is 1. The summed E-state index contributed by atoms with van der Waals surface area (Å²) in [6, 6.07) is 6.70. The number of rotatable bonds is 2. The molecule has 20 heavy (non-hydrogen) atoms. The SMILES string of the molecule is CC1CCNC(c2nc3ccc(Cl)cc3n2C(C)C)C1. The molecular formula is C16H22ClN3. The van der Waals surface area contributed by atoms with Crippen molar-refractivity contribution in [1.82, 2.24) is 14.9 Å². The van der Waals surface area contributed by atoms with Crippen LogP contribution in [0.2, 0.25) is 5.02 Å². The Hall–Kier alpha value is -1.06. The number of halogens is 1. The number of fused-ring (bicyclic) bond motifs is 1. The van der Waals surface area contributed by atoms with Crippen LogP contribution in [0.25, 0.3) is 11.0 Å². The third-order valence-corrected chi connectivity index (χ3v) is 4.41. The summed E-state index contributed by atoms with van der Waals surface area (Å²) in [4.78, 5) is 4.87. The van der Waals surface area contributed by atoms with Crippen LogP contribution in [0, 0.1) is 5.92 Å². The Labute approximate surface area is 125 Å². The molecule has 2 atom stereocenters. The summed E-state index contributed by atoms with van der Waals surface area (Å²) in [5.41, 5.74) is 2.18. The standard InChI is InChI=1S/C16H22ClN3/c1-10(2)20-15-9-12(17)4-5-13(15)19-16(20)14-8-11(3)6-7-18-14/h4-5,9-11,14,18H,6-8H2,1-3H3. The van der Waals surface area contributed by atoms with Crippen LogP contribution in [-0.2, 0) is 0 Å². The number of piperidine rings is 1. The van der Waals surface area contributed by atoms with Gasteiger partial charge in [0.2, 0.25) is 0 Å². The van der Waals surface area contributed by atoms with Gasteiger partial charge in [-0.3, -0.25) is 0 Å². The number of nitrogens with zero attached hydrogens (tertiary/aromatic N) is 2. The van der Waals surface area contributed by atoms with Gasteiger partial charge in [-0.15, -0.1) is 0 Å². The summed E-state index contributed by atoms with van der Waals surface area (Å²) in [6.45, 7) is 7.82. The maximum atomic E-state index is 6.16. The fourth-order valence-corrected chi connectivity index (χ4v) is 3.34. The first-order valence-corrected chi connectivity index (χ1v) is 7.85. The fourth-order valence-electron chi connectivity index (χ4n) is 3.18. The van der Waals surface area contributed by atoms with E-state index in [1.807, 2.05) is 18.2 Å². The highest BCUT2D eigenvalue weighted by atomic mass is 35.5. The molecule has 0 spiro atoms. The molecular weight excluding hydrogens is 270 g/mol. The van der Waals surface area contributed by atoms with Crippen molar-refractivity contribution in [1.29, 1.82) is 0 Å². The second-order valence-electron chi connectivity index (χ2n) is 6.20. The van der Waals surface area contributed by atoms with Crippen molar-refractivity contribution in [3.63, 3.8) is 0 Å². The molecule has 0 bridgehead atoms. The Kier molecular flexibility index (Phi) is 3.74. The highest BCUT2D eigenvalue weighted by molar-refractivity contribution is 6.31. The van der Waals surface area contributed by atoms with Crippen molar-refractivity contribution in [2.75, 3.05) is 6.54 Å². The van der Waals surface area contributed by atoms with Gasteiger partial charge in [0, 0.05) is 11.1 Å². The minimum Gasteiger partial charge on any atom is -0.324 e. The van der Waals surface area contributed by atoms with E-state index in [0.29, 0.717) is 12.1 Å². The van der Waals surface area contributed by atoms with Crippen molar-refractivity contribution >= 4 is 22.6 Å². The van der Waals surface area contributed by atoms with Crippen molar-refractivity contribution in [2.24, 2.45) is 5.92 Å². The molecule has 3 rings (SSSR count). The molecule has 4 heteroatoms. The molecule has 0 amide bonds. The van der Waals surface area contributed by atoms with E-state index in [2.05, 4.69) is 30.7 Å². The zero-order valence-corrected chi connectivity index (χ0v) is 13.1. The van der Waals surface area contributed by atoms with E-state index >= 15 is 0 Å². The van der Waals surface area contributed by atoms with Gasteiger partial charge >= 0.3 is 0 Å². The lowest BCUT2D eigenvalue weighted by molar-refractivity contribution is 0.307. The van der Waals surface area contributed by atoms with E-state index in [9.17, 15) is 0 Å². The van der Waals surface area contributed by atoms with Gasteiger partial charge in [0.05, 0.1) is 17.1 Å². The number of imidazole rings is 1. The maximum absolute atomic E-state index is 6.16. The van der Waals surface area contributed by atoms with Crippen molar-refractivity contribution in [2.45, 2.75) is 45.7 Å². The van der Waals surface area contributed by atoms with E-state index in [1.54, 1.807) is 0 Å². The lowest BCUT2D eigenvalue weighted by atomic mass is 9.94. The summed E-state index contributed by atoms with van der Waals surface area (Å²) >= 11 is 6.16. The first-order chi connectivity index (χ1) is 9.56. The molecule has 1 aromatic carbocycles. The molecule has 1 aliphatic heterocycles. The highest BCUT2D eigenvalue weighted by Gasteiger charge is 2.26. The maximum Gasteiger partial charge on any atom is 0.127 e. The van der Waals surface area contributed by atoms with Gasteiger partial charge in [-0.2, -0.15) is 0 Å². The normalized spacial score (nSPS) is 23.6. The molecule has 3 nitrogen and oxygen atoms in total. The first kappa shape index (κ1) is 13.9. The number of nitrogens with one attached hydrogen (secondary N) is 1. The minimum absolute atomic E-state index is 0.354. The molecule has 1 aliphatic rings. The van der Waals surface area contributed by atoms with Crippen LogP contribution in [0.5, 0.6) is 0 Å². The van der Waals surface area contributed by atoms with Gasteiger partial charge < -0.3 is 9.88 Å². The second kappa shape index (κ2) is 5.38. The monoisotopic (exact) mass is 291 g/mol. The van der Waals surface area contributed by atoms with Crippen LogP contribution in [-0.4, -0.2) is 16.1 Å². The molecule has 1 aromatic heterocycles. The zero-order chi connectivity index (χ0) is 14.3. The number of hydrogen-bond acceptors (Lipinski definition) is 2. The van der Waals surface area contributed by atoms with Crippen LogP contribution < -0.4 is 5.32 Å².